The number of aldehydes is 1. The summed E-state index contributed by atoms with van der Waals surface area (Å²) in [7, 11) is 0. The first kappa shape index (κ1) is 5.54. The van der Waals surface area contributed by atoms with Crippen LogP contribution in [-0.4, -0.2) is 6.29 Å². The Bertz CT molecular complexity index is 101. The molecule has 0 aromatic heterocycles. The van der Waals surface area contributed by atoms with E-state index in [0.29, 0.717) is 0 Å². The predicted octanol–water partition coefficient (Wildman–Crippen LogP) is 1.54. The summed E-state index contributed by atoms with van der Waals surface area (Å²) < 4.78 is 0. The largest absolute Gasteiger partial charge is 0.299 e. The minimum Gasteiger partial charge on any atom is -0.299 e. The van der Waals surface area contributed by atoms with Crippen LogP contribution in [0.25, 0.3) is 0 Å². The van der Waals surface area contributed by atoms with Gasteiger partial charge in [-0.3, -0.25) is 4.79 Å². The maximum absolute atomic E-state index is 9.76. The average Bonchev–Trinajstić information content (AvgIpc) is 1.63. The summed E-state index contributed by atoms with van der Waals surface area (Å²) in [5.41, 5.74) is 0. The molecular formula is C7H10O. The van der Waals surface area contributed by atoms with Crippen LogP contribution in [0.2, 0.25) is 0 Å². The van der Waals surface area contributed by atoms with Gasteiger partial charge < -0.3 is 0 Å². The highest BCUT2D eigenvalue weighted by Crippen LogP contribution is 2.26. The van der Waals surface area contributed by atoms with Gasteiger partial charge in [0.15, 0.2) is 0 Å². The fourth-order valence-corrected chi connectivity index (χ4v) is 0.835. The van der Waals surface area contributed by atoms with Crippen molar-refractivity contribution in [3.05, 3.63) is 12.2 Å². The third-order valence-corrected chi connectivity index (χ3v) is 1.61. The van der Waals surface area contributed by atoms with E-state index in [-0.39, 0.29) is 0 Å². The molecule has 0 atom stereocenters. The number of hydrogen-bond acceptors (Lipinski definition) is 1. The van der Waals surface area contributed by atoms with Gasteiger partial charge in [-0.05, 0) is 24.8 Å². The molecule has 0 bridgehead atoms. The van der Waals surface area contributed by atoms with E-state index < -0.39 is 0 Å². The van der Waals surface area contributed by atoms with Crippen molar-refractivity contribution in [2.75, 3.05) is 0 Å². The van der Waals surface area contributed by atoms with Crippen LogP contribution in [0.3, 0.4) is 0 Å². The highest BCUT2D eigenvalue weighted by Gasteiger charge is 2.12. The number of hydrogen-bond donors (Lipinski definition) is 0. The maximum atomic E-state index is 9.76. The molecule has 0 unspecified atom stereocenters. The van der Waals surface area contributed by atoms with Gasteiger partial charge in [-0.15, -0.1) is 0 Å². The van der Waals surface area contributed by atoms with Gasteiger partial charge in [-0.2, -0.15) is 0 Å². The van der Waals surface area contributed by atoms with Crippen LogP contribution in [0.1, 0.15) is 19.3 Å². The number of rotatable bonds is 2. The first-order valence-electron chi connectivity index (χ1n) is 3.05. The minimum atomic E-state index is 0.722. The lowest BCUT2D eigenvalue weighted by molar-refractivity contribution is -0.104. The predicted molar refractivity (Wildman–Crippen MR) is 32.5 cm³/mol. The van der Waals surface area contributed by atoms with E-state index in [9.17, 15) is 4.79 Å². The summed E-state index contributed by atoms with van der Waals surface area (Å²) in [6.07, 6.45) is 8.35. The fraction of sp³-hybridized carbons (Fsp3) is 0.571. The molecule has 0 radical (unpaired) electrons. The van der Waals surface area contributed by atoms with Crippen LogP contribution in [0.5, 0.6) is 0 Å². The SMILES string of the molecule is O=CC=CC1CCC1. The van der Waals surface area contributed by atoms with E-state index in [4.69, 9.17) is 0 Å². The zero-order valence-electron chi connectivity index (χ0n) is 4.84. The Morgan fingerprint density at radius 3 is 2.50 bits per heavy atom. The average molecular weight is 110 g/mol. The monoisotopic (exact) mass is 110 g/mol. The van der Waals surface area contributed by atoms with Crippen molar-refractivity contribution in [3.63, 3.8) is 0 Å². The molecule has 44 valence electrons. The van der Waals surface area contributed by atoms with Crippen molar-refractivity contribution in [1.82, 2.24) is 0 Å². The maximum Gasteiger partial charge on any atom is 0.142 e. The van der Waals surface area contributed by atoms with Gasteiger partial charge in [0.2, 0.25) is 0 Å². The van der Waals surface area contributed by atoms with E-state index in [1.807, 2.05) is 6.08 Å². The molecular weight excluding hydrogens is 100 g/mol. The van der Waals surface area contributed by atoms with Gasteiger partial charge in [0.1, 0.15) is 6.29 Å². The third-order valence-electron chi connectivity index (χ3n) is 1.61. The molecule has 0 saturated heterocycles. The summed E-state index contributed by atoms with van der Waals surface area (Å²) in [4.78, 5) is 9.76. The smallest absolute Gasteiger partial charge is 0.142 e. The molecule has 0 amide bonds. The van der Waals surface area contributed by atoms with Gasteiger partial charge in [-0.25, -0.2) is 0 Å². The van der Waals surface area contributed by atoms with Gasteiger partial charge in [0.25, 0.3) is 0 Å². The van der Waals surface area contributed by atoms with Crippen LogP contribution in [0.15, 0.2) is 12.2 Å². The molecule has 1 nitrogen and oxygen atoms in total. The molecule has 0 N–H and O–H groups in total. The molecule has 0 aliphatic heterocycles. The van der Waals surface area contributed by atoms with Crippen molar-refractivity contribution in [3.8, 4) is 0 Å². The highest BCUT2D eigenvalue weighted by atomic mass is 16.1. The molecule has 1 aliphatic rings. The molecule has 0 heterocycles. The zero-order valence-corrected chi connectivity index (χ0v) is 4.84. The lowest BCUT2D eigenvalue weighted by atomic mass is 9.85. The molecule has 1 saturated carbocycles. The molecule has 0 aromatic carbocycles. The van der Waals surface area contributed by atoms with Crippen LogP contribution >= 0.6 is 0 Å². The number of allylic oxidation sites excluding steroid dienone is 2. The van der Waals surface area contributed by atoms with Gasteiger partial charge in [0.05, 0.1) is 0 Å². The van der Waals surface area contributed by atoms with E-state index in [1.165, 1.54) is 19.3 Å². The second kappa shape index (κ2) is 2.65. The van der Waals surface area contributed by atoms with Crippen LogP contribution in [0, 0.1) is 5.92 Å². The van der Waals surface area contributed by atoms with Crippen molar-refractivity contribution >= 4 is 6.29 Å². The molecule has 1 aliphatic carbocycles. The van der Waals surface area contributed by atoms with Crippen LogP contribution < -0.4 is 0 Å². The van der Waals surface area contributed by atoms with Crippen LogP contribution in [0.4, 0.5) is 0 Å². The summed E-state index contributed by atoms with van der Waals surface area (Å²) in [5.74, 6) is 0.722. The highest BCUT2D eigenvalue weighted by molar-refractivity contribution is 5.64. The van der Waals surface area contributed by atoms with E-state index in [0.717, 1.165) is 12.2 Å². The molecule has 0 spiro atoms. The lowest BCUT2D eigenvalue weighted by Crippen LogP contribution is -2.06. The standard InChI is InChI=1S/C7H10O/c8-6-2-5-7-3-1-4-7/h2,5-7H,1,3-4H2. The normalized spacial score (nSPS) is 21.0. The number of carbonyl (C=O) groups is 1. The zero-order chi connectivity index (χ0) is 5.82. The summed E-state index contributed by atoms with van der Waals surface area (Å²) >= 11 is 0. The molecule has 0 aromatic rings. The first-order valence-corrected chi connectivity index (χ1v) is 3.05. The Morgan fingerprint density at radius 2 is 2.12 bits per heavy atom. The summed E-state index contributed by atoms with van der Waals surface area (Å²) in [5, 5.41) is 0. The molecule has 1 heteroatoms. The van der Waals surface area contributed by atoms with Crippen molar-refractivity contribution < 1.29 is 4.79 Å². The molecule has 1 rings (SSSR count). The van der Waals surface area contributed by atoms with Gasteiger partial charge in [0, 0.05) is 0 Å². The van der Waals surface area contributed by atoms with E-state index in [1.54, 1.807) is 6.08 Å². The first-order chi connectivity index (χ1) is 3.93. The van der Waals surface area contributed by atoms with E-state index in [2.05, 4.69) is 0 Å². The third kappa shape index (κ3) is 1.19. The second-order valence-electron chi connectivity index (χ2n) is 2.21. The summed E-state index contributed by atoms with van der Waals surface area (Å²) in [6, 6.07) is 0. The Hall–Kier alpha value is -0.590. The Balaban J connectivity index is 2.16. The van der Waals surface area contributed by atoms with Crippen LogP contribution in [-0.2, 0) is 4.79 Å². The fourth-order valence-electron chi connectivity index (χ4n) is 0.835. The number of carbonyl (C=O) groups excluding carboxylic acids is 1. The molecule has 1 fully saturated rings. The Morgan fingerprint density at radius 1 is 1.38 bits per heavy atom. The van der Waals surface area contributed by atoms with Gasteiger partial charge in [-0.1, -0.05) is 12.5 Å². The van der Waals surface area contributed by atoms with Crippen molar-refractivity contribution in [1.29, 1.82) is 0 Å². The quantitative estimate of drug-likeness (QED) is 0.389. The van der Waals surface area contributed by atoms with Crippen molar-refractivity contribution in [2.24, 2.45) is 5.92 Å². The van der Waals surface area contributed by atoms with Crippen molar-refractivity contribution in [2.45, 2.75) is 19.3 Å². The van der Waals surface area contributed by atoms with Gasteiger partial charge >= 0.3 is 0 Å². The molecule has 8 heavy (non-hydrogen) atoms. The summed E-state index contributed by atoms with van der Waals surface area (Å²) in [6.45, 7) is 0. The Labute approximate surface area is 49.4 Å². The van der Waals surface area contributed by atoms with E-state index >= 15 is 0 Å². The second-order valence-corrected chi connectivity index (χ2v) is 2.21. The minimum absolute atomic E-state index is 0.722. The topological polar surface area (TPSA) is 17.1 Å². The lowest BCUT2D eigenvalue weighted by Gasteiger charge is -2.20. The Kier molecular flexibility index (Phi) is 1.84.